The fraction of sp³-hybridized carbons (Fsp3) is 0.750. The molecule has 1 aliphatic heterocycles. The van der Waals surface area contributed by atoms with E-state index in [2.05, 4.69) is 33.4 Å². The van der Waals surface area contributed by atoms with E-state index < -0.39 is 0 Å². The molecule has 0 fully saturated rings. The molecule has 0 saturated carbocycles. The summed E-state index contributed by atoms with van der Waals surface area (Å²) in [4.78, 5) is 0. The third-order valence-corrected chi connectivity index (χ3v) is 2.27. The van der Waals surface area contributed by atoms with Crippen molar-refractivity contribution in [3.63, 3.8) is 0 Å². The standard InChI is InChI=1S/C8H14BOS/c1-6(2)4-7-5-9-8(10-7)11-3/h5-6,8H,4H2,1-3H3. The van der Waals surface area contributed by atoms with Gasteiger partial charge in [0.25, 0.3) is 0 Å². The van der Waals surface area contributed by atoms with Crippen molar-refractivity contribution in [3.8, 4) is 0 Å². The van der Waals surface area contributed by atoms with E-state index in [0.717, 1.165) is 12.2 Å². The lowest BCUT2D eigenvalue weighted by atomic mass is 9.81. The SMILES string of the molecule is CSC1[B]C=C(CC(C)C)O1. The van der Waals surface area contributed by atoms with Gasteiger partial charge in [0, 0.05) is 6.42 Å². The van der Waals surface area contributed by atoms with Crippen LogP contribution in [0.25, 0.3) is 0 Å². The molecule has 0 bridgehead atoms. The molecule has 61 valence electrons. The van der Waals surface area contributed by atoms with E-state index in [1.54, 1.807) is 11.8 Å². The van der Waals surface area contributed by atoms with Crippen molar-refractivity contribution < 1.29 is 4.74 Å². The van der Waals surface area contributed by atoms with E-state index >= 15 is 0 Å². The molecule has 0 N–H and O–H groups in total. The predicted molar refractivity (Wildman–Crippen MR) is 51.7 cm³/mol. The molecular weight excluding hydrogens is 155 g/mol. The molecule has 1 atom stereocenters. The maximum absolute atomic E-state index is 5.59. The van der Waals surface area contributed by atoms with Crippen LogP contribution in [0.15, 0.2) is 11.7 Å². The Kier molecular flexibility index (Phi) is 3.37. The average Bonchev–Trinajstić information content (AvgIpc) is 2.34. The highest BCUT2D eigenvalue weighted by atomic mass is 32.2. The molecule has 0 aromatic heterocycles. The van der Waals surface area contributed by atoms with Gasteiger partial charge in [-0.2, -0.15) is 0 Å². The third kappa shape index (κ3) is 2.82. The first kappa shape index (κ1) is 9.05. The highest BCUT2D eigenvalue weighted by molar-refractivity contribution is 8.00. The van der Waals surface area contributed by atoms with Crippen molar-refractivity contribution >= 4 is 19.0 Å². The summed E-state index contributed by atoms with van der Waals surface area (Å²) in [5, 5.41) is 0.267. The van der Waals surface area contributed by atoms with Crippen molar-refractivity contribution in [2.45, 2.75) is 25.6 Å². The first-order chi connectivity index (χ1) is 5.22. The van der Waals surface area contributed by atoms with Gasteiger partial charge in [-0.1, -0.05) is 19.8 Å². The number of rotatable bonds is 3. The number of ether oxygens (including phenoxy) is 1. The Bertz CT molecular complexity index is 156. The Morgan fingerprint density at radius 1 is 1.73 bits per heavy atom. The Morgan fingerprint density at radius 2 is 2.45 bits per heavy atom. The molecule has 0 aromatic carbocycles. The molecule has 1 nitrogen and oxygen atoms in total. The summed E-state index contributed by atoms with van der Waals surface area (Å²) in [5.41, 5.74) is 0. The zero-order valence-corrected chi connectivity index (χ0v) is 8.15. The zero-order chi connectivity index (χ0) is 8.27. The first-order valence-electron chi connectivity index (χ1n) is 3.96. The smallest absolute Gasteiger partial charge is 0.214 e. The van der Waals surface area contributed by atoms with Crippen molar-refractivity contribution in [2.24, 2.45) is 5.92 Å². The number of allylic oxidation sites excluding steroid dienone is 1. The van der Waals surface area contributed by atoms with Gasteiger partial charge < -0.3 is 4.74 Å². The summed E-state index contributed by atoms with van der Waals surface area (Å²) in [7, 11) is 2.11. The van der Waals surface area contributed by atoms with Crippen molar-refractivity contribution in [3.05, 3.63) is 11.7 Å². The van der Waals surface area contributed by atoms with Crippen LogP contribution in [0.5, 0.6) is 0 Å². The van der Waals surface area contributed by atoms with Gasteiger partial charge in [-0.15, -0.1) is 11.8 Å². The second kappa shape index (κ2) is 4.10. The van der Waals surface area contributed by atoms with Crippen molar-refractivity contribution in [2.75, 3.05) is 6.26 Å². The maximum atomic E-state index is 5.59. The molecule has 0 spiro atoms. The molecule has 0 aromatic rings. The fourth-order valence-corrected chi connectivity index (χ4v) is 1.51. The number of hydrogen-bond acceptors (Lipinski definition) is 2. The van der Waals surface area contributed by atoms with Gasteiger partial charge in [0.15, 0.2) is 0 Å². The van der Waals surface area contributed by atoms with E-state index in [0.29, 0.717) is 5.92 Å². The fourth-order valence-electron chi connectivity index (χ4n) is 1.06. The average molecular weight is 169 g/mol. The third-order valence-electron chi connectivity index (χ3n) is 1.55. The van der Waals surface area contributed by atoms with E-state index in [1.807, 2.05) is 0 Å². The number of hydrogen-bond donors (Lipinski definition) is 0. The molecule has 3 heteroatoms. The summed E-state index contributed by atoms with van der Waals surface area (Å²) in [5.74, 6) is 3.93. The minimum atomic E-state index is 0.267. The topological polar surface area (TPSA) is 9.23 Å². The van der Waals surface area contributed by atoms with Crippen LogP contribution in [-0.2, 0) is 4.74 Å². The summed E-state index contributed by atoms with van der Waals surface area (Å²) < 4.78 is 5.59. The van der Waals surface area contributed by atoms with Crippen LogP contribution in [0.3, 0.4) is 0 Å². The zero-order valence-electron chi connectivity index (χ0n) is 7.33. The summed E-state index contributed by atoms with van der Waals surface area (Å²) in [6.07, 6.45) is 3.13. The second-order valence-corrected chi connectivity index (χ2v) is 4.08. The highest BCUT2D eigenvalue weighted by Crippen LogP contribution is 2.23. The second-order valence-electron chi connectivity index (χ2n) is 3.15. The van der Waals surface area contributed by atoms with Crippen LogP contribution in [0.4, 0.5) is 0 Å². The number of thioether (sulfide) groups is 1. The van der Waals surface area contributed by atoms with Crippen LogP contribution in [-0.4, -0.2) is 18.9 Å². The Morgan fingerprint density at radius 3 is 2.91 bits per heavy atom. The van der Waals surface area contributed by atoms with Crippen LogP contribution in [0.2, 0.25) is 0 Å². The van der Waals surface area contributed by atoms with Crippen molar-refractivity contribution in [1.82, 2.24) is 0 Å². The van der Waals surface area contributed by atoms with Gasteiger partial charge in [0.1, 0.15) is 5.34 Å². The largest absolute Gasteiger partial charge is 0.495 e. The maximum Gasteiger partial charge on any atom is 0.214 e. The van der Waals surface area contributed by atoms with E-state index in [1.165, 1.54) is 0 Å². The van der Waals surface area contributed by atoms with E-state index in [-0.39, 0.29) is 5.34 Å². The van der Waals surface area contributed by atoms with Gasteiger partial charge in [-0.25, -0.2) is 0 Å². The quantitative estimate of drug-likeness (QED) is 0.599. The van der Waals surface area contributed by atoms with Crippen LogP contribution >= 0.6 is 11.8 Å². The molecule has 0 saturated heterocycles. The molecule has 1 heterocycles. The Balaban J connectivity index is 2.28. The van der Waals surface area contributed by atoms with Crippen LogP contribution in [0.1, 0.15) is 20.3 Å². The Hall–Kier alpha value is -0.0451. The van der Waals surface area contributed by atoms with Crippen LogP contribution < -0.4 is 0 Å². The molecule has 0 amide bonds. The molecular formula is C8H14BOS. The summed E-state index contributed by atoms with van der Waals surface area (Å²) in [6, 6.07) is 0. The molecule has 1 radical (unpaired) electrons. The minimum Gasteiger partial charge on any atom is -0.495 e. The highest BCUT2D eigenvalue weighted by Gasteiger charge is 2.18. The first-order valence-corrected chi connectivity index (χ1v) is 5.24. The van der Waals surface area contributed by atoms with Gasteiger partial charge in [0.2, 0.25) is 7.28 Å². The van der Waals surface area contributed by atoms with Gasteiger partial charge in [0.05, 0.1) is 5.76 Å². The van der Waals surface area contributed by atoms with E-state index in [4.69, 9.17) is 4.74 Å². The summed E-state index contributed by atoms with van der Waals surface area (Å²) in [6.45, 7) is 4.41. The van der Waals surface area contributed by atoms with Gasteiger partial charge >= 0.3 is 0 Å². The summed E-state index contributed by atoms with van der Waals surface area (Å²) >= 11 is 1.73. The predicted octanol–water partition coefficient (Wildman–Crippen LogP) is 2.25. The lowest BCUT2D eigenvalue weighted by Gasteiger charge is -2.12. The minimum absolute atomic E-state index is 0.267. The van der Waals surface area contributed by atoms with Crippen molar-refractivity contribution in [1.29, 1.82) is 0 Å². The van der Waals surface area contributed by atoms with Gasteiger partial charge in [-0.3, -0.25) is 0 Å². The van der Waals surface area contributed by atoms with Crippen LogP contribution in [0, 0.1) is 5.92 Å². The molecule has 1 rings (SSSR count). The van der Waals surface area contributed by atoms with Gasteiger partial charge in [-0.05, 0) is 12.2 Å². The normalized spacial score (nSPS) is 22.9. The Labute approximate surface area is 73.8 Å². The lowest BCUT2D eigenvalue weighted by molar-refractivity contribution is 0.232. The molecule has 0 aliphatic carbocycles. The monoisotopic (exact) mass is 169 g/mol. The molecule has 11 heavy (non-hydrogen) atoms. The lowest BCUT2D eigenvalue weighted by Crippen LogP contribution is -2.06. The molecule has 1 unspecified atom stereocenters. The molecule has 1 aliphatic rings. The van der Waals surface area contributed by atoms with E-state index in [9.17, 15) is 0 Å².